The molecule has 7 heteroatoms. The number of carbonyl (C=O) groups excluding carboxylic acids is 2. The van der Waals surface area contributed by atoms with E-state index in [2.05, 4.69) is 0 Å². The summed E-state index contributed by atoms with van der Waals surface area (Å²) in [5.74, 6) is -1.26. The van der Waals surface area contributed by atoms with Gasteiger partial charge in [-0.2, -0.15) is 0 Å². The lowest BCUT2D eigenvalue weighted by molar-refractivity contribution is -0.172. The van der Waals surface area contributed by atoms with Crippen molar-refractivity contribution in [1.82, 2.24) is 9.36 Å². The Morgan fingerprint density at radius 3 is 2.00 bits per heavy atom. The number of aromatic nitrogens is 2. The van der Waals surface area contributed by atoms with Crippen molar-refractivity contribution >= 4 is 11.9 Å². The van der Waals surface area contributed by atoms with Gasteiger partial charge < -0.3 is 9.47 Å². The number of hydrogen-bond donors (Lipinski definition) is 0. The third kappa shape index (κ3) is 3.74. The molecule has 0 aliphatic rings. The molecule has 28 heavy (non-hydrogen) atoms. The summed E-state index contributed by atoms with van der Waals surface area (Å²) in [5.41, 5.74) is 0.0962. The van der Waals surface area contributed by atoms with Crippen LogP contribution in [0.25, 0.3) is 5.69 Å². The minimum Gasteiger partial charge on any atom is -0.465 e. The fraction of sp³-hybridized carbons (Fsp3) is 0.476. The van der Waals surface area contributed by atoms with Gasteiger partial charge in [-0.05, 0) is 39.3 Å². The Morgan fingerprint density at radius 1 is 1.00 bits per heavy atom. The molecule has 0 atom stereocenters. The molecule has 0 aliphatic carbocycles. The smallest absolute Gasteiger partial charge is 0.323 e. The molecule has 2 rings (SSSR count). The molecule has 0 amide bonds. The zero-order valence-electron chi connectivity index (χ0n) is 17.2. The number of nitrogens with zero attached hydrogens (tertiary/aromatic N) is 2. The van der Waals surface area contributed by atoms with Gasteiger partial charge in [0.05, 0.1) is 18.9 Å². The molecule has 1 heterocycles. The second-order valence-corrected chi connectivity index (χ2v) is 6.60. The van der Waals surface area contributed by atoms with Crippen LogP contribution >= 0.6 is 0 Å². The van der Waals surface area contributed by atoms with Crippen molar-refractivity contribution in [2.75, 3.05) is 13.2 Å². The Bertz CT molecular complexity index is 878. The number of carbonyl (C=O) groups is 2. The fourth-order valence-corrected chi connectivity index (χ4v) is 3.35. The quantitative estimate of drug-likeness (QED) is 0.513. The van der Waals surface area contributed by atoms with Gasteiger partial charge in [-0.3, -0.25) is 19.1 Å². The van der Waals surface area contributed by atoms with Crippen molar-refractivity contribution in [3.8, 4) is 5.69 Å². The topological polar surface area (TPSA) is 79.5 Å². The van der Waals surface area contributed by atoms with E-state index in [0.717, 1.165) is 0 Å². The van der Waals surface area contributed by atoms with Crippen LogP contribution in [0.15, 0.2) is 35.1 Å². The molecule has 7 nitrogen and oxygen atoms in total. The van der Waals surface area contributed by atoms with Gasteiger partial charge in [0, 0.05) is 24.7 Å². The summed E-state index contributed by atoms with van der Waals surface area (Å²) in [6.07, 6.45) is 0.230. The van der Waals surface area contributed by atoms with Gasteiger partial charge in [-0.25, -0.2) is 4.68 Å². The zero-order valence-corrected chi connectivity index (χ0v) is 17.2. The normalized spacial score (nSPS) is 11.3. The molecule has 0 saturated carbocycles. The lowest BCUT2D eigenvalue weighted by atomic mass is 9.79. The molecular weight excluding hydrogens is 360 g/mol. The minimum absolute atomic E-state index is 0.0264. The summed E-state index contributed by atoms with van der Waals surface area (Å²) >= 11 is 0. The van der Waals surface area contributed by atoms with Crippen LogP contribution in [-0.2, 0) is 32.5 Å². The maximum absolute atomic E-state index is 12.9. The Hall–Kier alpha value is -2.83. The molecule has 0 saturated heterocycles. The van der Waals surface area contributed by atoms with Crippen LogP contribution in [0.3, 0.4) is 0 Å². The van der Waals surface area contributed by atoms with E-state index in [9.17, 15) is 14.4 Å². The Kier molecular flexibility index (Phi) is 6.83. The van der Waals surface area contributed by atoms with E-state index in [-0.39, 0.29) is 31.6 Å². The van der Waals surface area contributed by atoms with Crippen LogP contribution in [0.4, 0.5) is 0 Å². The summed E-state index contributed by atoms with van der Waals surface area (Å²) < 4.78 is 13.6. The van der Waals surface area contributed by atoms with Crippen LogP contribution in [0.2, 0.25) is 0 Å². The predicted octanol–water partition coefficient (Wildman–Crippen LogP) is 2.55. The molecule has 2 aromatic rings. The van der Waals surface area contributed by atoms with E-state index in [1.54, 1.807) is 39.4 Å². The Morgan fingerprint density at radius 2 is 1.54 bits per heavy atom. The van der Waals surface area contributed by atoms with Gasteiger partial charge in [0.25, 0.3) is 5.56 Å². The third-order valence-corrected chi connectivity index (χ3v) is 5.04. The van der Waals surface area contributed by atoms with Crippen LogP contribution < -0.4 is 5.56 Å². The number of hydrogen-bond acceptors (Lipinski definition) is 5. The van der Waals surface area contributed by atoms with Gasteiger partial charge in [-0.15, -0.1) is 0 Å². The summed E-state index contributed by atoms with van der Waals surface area (Å²) in [7, 11) is 1.74. The van der Waals surface area contributed by atoms with Crippen LogP contribution in [0.1, 0.15) is 38.4 Å². The summed E-state index contributed by atoms with van der Waals surface area (Å²) in [6, 6.07) is 9.21. The molecule has 0 spiro atoms. The first kappa shape index (κ1) is 21.5. The van der Waals surface area contributed by atoms with Crippen LogP contribution in [-0.4, -0.2) is 34.5 Å². The highest BCUT2D eigenvalue weighted by Gasteiger charge is 2.48. The summed E-state index contributed by atoms with van der Waals surface area (Å²) in [4.78, 5) is 38.5. The van der Waals surface area contributed by atoms with Crippen LogP contribution in [0, 0.1) is 12.3 Å². The molecule has 0 N–H and O–H groups in total. The fourth-order valence-electron chi connectivity index (χ4n) is 3.35. The maximum Gasteiger partial charge on any atom is 0.323 e. The van der Waals surface area contributed by atoms with E-state index in [4.69, 9.17) is 9.47 Å². The molecule has 0 fully saturated rings. The number of rotatable bonds is 8. The summed E-state index contributed by atoms with van der Waals surface area (Å²) in [6.45, 7) is 7.14. The number of benzene rings is 1. The van der Waals surface area contributed by atoms with Crippen molar-refractivity contribution in [3.05, 3.63) is 51.9 Å². The first-order valence-electron chi connectivity index (χ1n) is 9.51. The SMILES string of the molecule is CCOC(=O)C(CC)(Cc1c(C)c(=O)n(-c2ccccc2)n1C)C(=O)OCC. The molecular formula is C21H28N2O5. The van der Waals surface area contributed by atoms with Crippen LogP contribution in [0.5, 0.6) is 0 Å². The third-order valence-electron chi connectivity index (χ3n) is 5.04. The molecule has 0 radical (unpaired) electrons. The number of ether oxygens (including phenoxy) is 2. The largest absolute Gasteiger partial charge is 0.465 e. The van der Waals surface area contributed by atoms with Crippen molar-refractivity contribution in [3.63, 3.8) is 0 Å². The standard InChI is InChI=1S/C21H28N2O5/c1-6-21(19(25)27-7-2,20(26)28-8-3)14-17-15(4)18(24)23(22(17)5)16-12-10-9-11-13-16/h9-13H,6-8,14H2,1-5H3. The second-order valence-electron chi connectivity index (χ2n) is 6.60. The first-order chi connectivity index (χ1) is 13.3. The van der Waals surface area contributed by atoms with Gasteiger partial charge >= 0.3 is 11.9 Å². The summed E-state index contributed by atoms with van der Waals surface area (Å²) in [5, 5.41) is 0. The van der Waals surface area contributed by atoms with Crippen molar-refractivity contribution in [2.24, 2.45) is 12.5 Å². The van der Waals surface area contributed by atoms with E-state index in [0.29, 0.717) is 16.9 Å². The van der Waals surface area contributed by atoms with Crippen molar-refractivity contribution in [2.45, 2.75) is 40.5 Å². The predicted molar refractivity (Wildman–Crippen MR) is 105 cm³/mol. The monoisotopic (exact) mass is 388 g/mol. The van der Waals surface area contributed by atoms with Gasteiger partial charge in [0.2, 0.25) is 0 Å². The molecule has 1 aromatic carbocycles. The highest BCUT2D eigenvalue weighted by Crippen LogP contribution is 2.32. The van der Waals surface area contributed by atoms with E-state index >= 15 is 0 Å². The molecule has 152 valence electrons. The zero-order chi connectivity index (χ0) is 20.9. The van der Waals surface area contributed by atoms with Gasteiger partial charge in [-0.1, -0.05) is 25.1 Å². The lowest BCUT2D eigenvalue weighted by Gasteiger charge is -2.28. The van der Waals surface area contributed by atoms with Crippen molar-refractivity contribution < 1.29 is 19.1 Å². The Labute approximate surface area is 164 Å². The maximum atomic E-state index is 12.9. The second kappa shape index (κ2) is 8.91. The van der Waals surface area contributed by atoms with E-state index in [1.807, 2.05) is 30.3 Å². The average molecular weight is 388 g/mol. The van der Waals surface area contributed by atoms with Gasteiger partial charge in [0.1, 0.15) is 0 Å². The van der Waals surface area contributed by atoms with E-state index in [1.165, 1.54) is 4.68 Å². The van der Waals surface area contributed by atoms with Gasteiger partial charge in [0.15, 0.2) is 5.41 Å². The first-order valence-corrected chi connectivity index (χ1v) is 9.51. The molecule has 0 unspecified atom stereocenters. The number of esters is 2. The molecule has 1 aromatic heterocycles. The Balaban J connectivity index is 2.60. The molecule has 0 bridgehead atoms. The number of para-hydroxylation sites is 1. The van der Waals surface area contributed by atoms with Crippen molar-refractivity contribution in [1.29, 1.82) is 0 Å². The highest BCUT2D eigenvalue weighted by molar-refractivity contribution is 6.00. The lowest BCUT2D eigenvalue weighted by Crippen LogP contribution is -2.44. The molecule has 0 aliphatic heterocycles. The average Bonchev–Trinajstić information content (AvgIpc) is 2.89. The highest BCUT2D eigenvalue weighted by atomic mass is 16.6. The van der Waals surface area contributed by atoms with E-state index < -0.39 is 17.4 Å². The minimum atomic E-state index is -1.50.